The maximum Gasteiger partial charge on any atom is 0.261 e. The molecule has 5 nitrogen and oxygen atoms in total. The third-order valence-corrected chi connectivity index (χ3v) is 13.0. The molecule has 2 heterocycles. The average Bonchev–Trinajstić information content (AvgIpc) is 3.11. The number of nitrogens with zero attached hydrogens (tertiary/aromatic N) is 2. The van der Waals surface area contributed by atoms with Gasteiger partial charge >= 0.3 is 0 Å². The van der Waals surface area contributed by atoms with Gasteiger partial charge in [0.05, 0.1) is 11.1 Å². The molecule has 2 aromatic rings. The van der Waals surface area contributed by atoms with Crippen LogP contribution in [0.5, 0.6) is 5.75 Å². The van der Waals surface area contributed by atoms with Crippen molar-refractivity contribution in [2.24, 2.45) is 0 Å². The van der Waals surface area contributed by atoms with Gasteiger partial charge in [-0.2, -0.15) is 0 Å². The Labute approximate surface area is 224 Å². The number of carbonyl (C=O) groups is 2. The Balaban J connectivity index is 1.29. The Morgan fingerprint density at radius 1 is 0.919 bits per heavy atom. The first-order valence-electron chi connectivity index (χ1n) is 14.0. The Hall–Kier alpha value is -2.44. The minimum atomic E-state index is -1.92. The highest BCUT2D eigenvalue weighted by atomic mass is 28.4. The molecule has 200 valence electrons. The summed E-state index contributed by atoms with van der Waals surface area (Å²) in [6.45, 7) is 17.4. The predicted octanol–water partition coefficient (Wildman–Crippen LogP) is 6.89. The van der Waals surface area contributed by atoms with E-state index >= 15 is 0 Å². The van der Waals surface area contributed by atoms with E-state index in [1.165, 1.54) is 16.0 Å². The number of likely N-dealkylation sites (tertiary alicyclic amines) is 1. The lowest BCUT2D eigenvalue weighted by atomic mass is 9.88. The van der Waals surface area contributed by atoms with Crippen LogP contribution in [-0.4, -0.2) is 56.1 Å². The van der Waals surface area contributed by atoms with E-state index < -0.39 is 8.32 Å². The largest absolute Gasteiger partial charge is 0.543 e. The second-order valence-corrected chi connectivity index (χ2v) is 16.9. The first-order valence-corrected chi connectivity index (χ1v) is 16.9. The molecule has 2 aliphatic heterocycles. The van der Waals surface area contributed by atoms with E-state index in [-0.39, 0.29) is 16.9 Å². The van der Waals surface area contributed by atoms with E-state index in [2.05, 4.69) is 63.9 Å². The topological polar surface area (TPSA) is 49.9 Å². The van der Waals surface area contributed by atoms with Crippen LogP contribution in [-0.2, 0) is 6.42 Å². The van der Waals surface area contributed by atoms with Crippen molar-refractivity contribution in [3.63, 3.8) is 0 Å². The van der Waals surface area contributed by atoms with E-state index in [0.717, 1.165) is 57.5 Å². The maximum absolute atomic E-state index is 12.6. The SMILES string of the molecule is CCc1ccc(C2CCN(CCCCN3C(=O)c4ccccc4C3=O)CC2)c(O[Si](C)(C)C(C)(C)C)c1. The molecular weight excluding hydrogens is 476 g/mol. The number of rotatable bonds is 9. The number of piperidine rings is 1. The fraction of sp³-hybridized carbons (Fsp3) is 0.548. The van der Waals surface area contributed by atoms with Crippen molar-refractivity contribution in [1.29, 1.82) is 0 Å². The van der Waals surface area contributed by atoms with Crippen molar-refractivity contribution in [3.8, 4) is 5.75 Å². The number of unbranched alkanes of at least 4 members (excludes halogenated alkanes) is 1. The normalized spacial score (nSPS) is 17.4. The van der Waals surface area contributed by atoms with Gasteiger partial charge in [-0.1, -0.05) is 52.0 Å². The molecule has 0 aromatic heterocycles. The standard InChI is InChI=1S/C31H44N2O3Si/c1-7-23-14-15-25(28(22-23)36-37(5,6)31(2,3)4)24-16-20-32(21-17-24)18-10-11-19-33-29(34)26-12-8-9-13-27(26)30(33)35/h8-9,12-15,22,24H,7,10-11,16-21H2,1-6H3. The highest BCUT2D eigenvalue weighted by Crippen LogP contribution is 2.41. The molecule has 2 amide bonds. The van der Waals surface area contributed by atoms with Gasteiger partial charge in [0.15, 0.2) is 0 Å². The van der Waals surface area contributed by atoms with Crippen LogP contribution in [0.1, 0.15) is 91.1 Å². The van der Waals surface area contributed by atoms with Crippen LogP contribution in [0.25, 0.3) is 0 Å². The number of hydrogen-bond donors (Lipinski definition) is 0. The third kappa shape index (κ3) is 6.01. The van der Waals surface area contributed by atoms with Crippen molar-refractivity contribution in [2.75, 3.05) is 26.2 Å². The minimum absolute atomic E-state index is 0.147. The summed E-state index contributed by atoms with van der Waals surface area (Å²) in [5.41, 5.74) is 3.80. The van der Waals surface area contributed by atoms with Gasteiger partial charge in [0.2, 0.25) is 8.32 Å². The molecule has 0 unspecified atom stereocenters. The molecule has 0 aliphatic carbocycles. The molecule has 1 fully saturated rings. The molecule has 1 saturated heterocycles. The lowest BCUT2D eigenvalue weighted by molar-refractivity contribution is 0.0649. The molecule has 2 aromatic carbocycles. The highest BCUT2D eigenvalue weighted by molar-refractivity contribution is 6.74. The van der Waals surface area contributed by atoms with Crippen molar-refractivity contribution in [1.82, 2.24) is 9.80 Å². The van der Waals surface area contributed by atoms with E-state index in [1.54, 1.807) is 12.1 Å². The van der Waals surface area contributed by atoms with Crippen LogP contribution in [0.3, 0.4) is 0 Å². The number of aryl methyl sites for hydroxylation is 1. The lowest BCUT2D eigenvalue weighted by Gasteiger charge is -2.38. The average molecular weight is 521 g/mol. The second kappa shape index (κ2) is 11.1. The first-order chi connectivity index (χ1) is 17.5. The van der Waals surface area contributed by atoms with Gasteiger partial charge in [-0.15, -0.1) is 0 Å². The third-order valence-electron chi connectivity index (χ3n) is 8.67. The Morgan fingerprint density at radius 2 is 1.51 bits per heavy atom. The predicted molar refractivity (Wildman–Crippen MR) is 153 cm³/mol. The van der Waals surface area contributed by atoms with Crippen LogP contribution in [0.2, 0.25) is 18.1 Å². The molecule has 0 bridgehead atoms. The monoisotopic (exact) mass is 520 g/mol. The molecular formula is C31H44N2O3Si. The number of carbonyl (C=O) groups excluding carboxylic acids is 2. The zero-order chi connectivity index (χ0) is 26.8. The zero-order valence-corrected chi connectivity index (χ0v) is 24.6. The Bertz CT molecular complexity index is 1090. The van der Waals surface area contributed by atoms with Crippen LogP contribution >= 0.6 is 0 Å². The number of benzene rings is 2. The first kappa shape index (κ1) is 27.6. The molecule has 6 heteroatoms. The van der Waals surface area contributed by atoms with E-state index in [4.69, 9.17) is 4.43 Å². The molecule has 0 spiro atoms. The summed E-state index contributed by atoms with van der Waals surface area (Å²) < 4.78 is 6.85. The number of hydrogen-bond acceptors (Lipinski definition) is 4. The van der Waals surface area contributed by atoms with Gasteiger partial charge in [0, 0.05) is 6.54 Å². The van der Waals surface area contributed by atoms with Gasteiger partial charge in [-0.05, 0) is 105 Å². The maximum atomic E-state index is 12.6. The van der Waals surface area contributed by atoms with Crippen LogP contribution in [0.15, 0.2) is 42.5 Å². The minimum Gasteiger partial charge on any atom is -0.543 e. The lowest BCUT2D eigenvalue weighted by Crippen LogP contribution is -2.44. The van der Waals surface area contributed by atoms with Gasteiger partial charge < -0.3 is 9.33 Å². The van der Waals surface area contributed by atoms with Gasteiger partial charge in [-0.25, -0.2) is 0 Å². The molecule has 4 rings (SSSR count). The fourth-order valence-corrected chi connectivity index (χ4v) is 6.20. The van der Waals surface area contributed by atoms with E-state index in [9.17, 15) is 9.59 Å². The van der Waals surface area contributed by atoms with Gasteiger partial charge in [0.25, 0.3) is 11.8 Å². The number of fused-ring (bicyclic) bond motifs is 1. The number of imide groups is 1. The zero-order valence-electron chi connectivity index (χ0n) is 23.6. The quantitative estimate of drug-likeness (QED) is 0.205. The summed E-state index contributed by atoms with van der Waals surface area (Å²) in [6, 6.07) is 14.0. The van der Waals surface area contributed by atoms with Gasteiger partial charge in [-0.3, -0.25) is 14.5 Å². The van der Waals surface area contributed by atoms with E-state index in [0.29, 0.717) is 23.6 Å². The van der Waals surface area contributed by atoms with Crippen molar-refractivity contribution in [3.05, 3.63) is 64.7 Å². The summed E-state index contributed by atoms with van der Waals surface area (Å²) in [7, 11) is -1.92. The fourth-order valence-electron chi connectivity index (χ4n) is 5.17. The molecule has 0 atom stereocenters. The van der Waals surface area contributed by atoms with Crippen molar-refractivity contribution < 1.29 is 14.0 Å². The smallest absolute Gasteiger partial charge is 0.261 e. The number of amides is 2. The summed E-state index contributed by atoms with van der Waals surface area (Å²) >= 11 is 0. The summed E-state index contributed by atoms with van der Waals surface area (Å²) in [6.07, 6.45) is 5.13. The molecule has 37 heavy (non-hydrogen) atoms. The second-order valence-electron chi connectivity index (χ2n) is 12.2. The van der Waals surface area contributed by atoms with Crippen LogP contribution in [0.4, 0.5) is 0 Å². The molecule has 0 saturated carbocycles. The van der Waals surface area contributed by atoms with Crippen molar-refractivity contribution in [2.45, 2.75) is 83.8 Å². The van der Waals surface area contributed by atoms with Crippen molar-refractivity contribution >= 4 is 20.1 Å². The van der Waals surface area contributed by atoms with Gasteiger partial charge in [0.1, 0.15) is 5.75 Å². The summed E-state index contributed by atoms with van der Waals surface area (Å²) in [5.74, 6) is 1.35. The Kier molecular flexibility index (Phi) is 8.29. The Morgan fingerprint density at radius 3 is 2.08 bits per heavy atom. The molecule has 2 aliphatic rings. The summed E-state index contributed by atoms with van der Waals surface area (Å²) in [5, 5.41) is 0.170. The highest BCUT2D eigenvalue weighted by Gasteiger charge is 2.40. The summed E-state index contributed by atoms with van der Waals surface area (Å²) in [4.78, 5) is 29.1. The molecule has 0 radical (unpaired) electrons. The molecule has 0 N–H and O–H groups in total. The van der Waals surface area contributed by atoms with Crippen LogP contribution in [0, 0.1) is 0 Å². The van der Waals surface area contributed by atoms with E-state index in [1.807, 2.05) is 12.1 Å². The van der Waals surface area contributed by atoms with Crippen LogP contribution < -0.4 is 4.43 Å².